The lowest BCUT2D eigenvalue weighted by molar-refractivity contribution is -0.132. The Kier molecular flexibility index (Phi) is 4.65. The van der Waals surface area contributed by atoms with Crippen LogP contribution < -0.4 is 15.2 Å². The van der Waals surface area contributed by atoms with Crippen LogP contribution in [0.15, 0.2) is 35.7 Å². The summed E-state index contributed by atoms with van der Waals surface area (Å²) in [7, 11) is 0. The molecule has 2 aromatic rings. The third-order valence-electron chi connectivity index (χ3n) is 5.16. The molecule has 1 aromatic carbocycles. The number of ether oxygens (including phenoxy) is 2. The van der Waals surface area contributed by atoms with Crippen molar-refractivity contribution in [2.45, 2.75) is 25.7 Å². The van der Waals surface area contributed by atoms with Crippen LogP contribution in [0.3, 0.4) is 0 Å². The van der Waals surface area contributed by atoms with Gasteiger partial charge < -0.3 is 20.1 Å². The zero-order chi connectivity index (χ0) is 19.7. The number of aromatic nitrogens is 2. The minimum absolute atomic E-state index is 0.00661. The Morgan fingerprint density at radius 2 is 2.11 bits per heavy atom. The molecule has 4 rings (SSSR count). The second-order valence-electron chi connectivity index (χ2n) is 6.94. The highest BCUT2D eigenvalue weighted by atomic mass is 16.5. The van der Waals surface area contributed by atoms with E-state index in [1.165, 1.54) is 0 Å². The molecule has 2 aliphatic heterocycles. The first-order chi connectivity index (χ1) is 13.6. The maximum absolute atomic E-state index is 12.1. The normalized spacial score (nSPS) is 18.4. The third kappa shape index (κ3) is 3.16. The molecule has 0 aliphatic carbocycles. The summed E-state index contributed by atoms with van der Waals surface area (Å²) in [6, 6.07) is 9.48. The van der Waals surface area contributed by atoms with Gasteiger partial charge in [-0.2, -0.15) is 5.26 Å². The Balaban J connectivity index is 1.54. The van der Waals surface area contributed by atoms with Crippen molar-refractivity contribution in [3.05, 3.63) is 52.5 Å². The van der Waals surface area contributed by atoms with Crippen LogP contribution in [0.4, 0.5) is 0 Å². The van der Waals surface area contributed by atoms with E-state index in [2.05, 4.69) is 16.3 Å². The number of nitrogens with zero attached hydrogens (tertiary/aromatic N) is 3. The van der Waals surface area contributed by atoms with E-state index >= 15 is 0 Å². The van der Waals surface area contributed by atoms with E-state index in [1.54, 1.807) is 12.1 Å². The summed E-state index contributed by atoms with van der Waals surface area (Å²) >= 11 is 0. The number of hydrogen-bond acceptors (Lipinski definition) is 6. The van der Waals surface area contributed by atoms with E-state index in [4.69, 9.17) is 15.2 Å². The lowest BCUT2D eigenvalue weighted by atomic mass is 9.84. The lowest BCUT2D eigenvalue weighted by Crippen LogP contribution is -2.32. The monoisotopic (exact) mass is 379 g/mol. The molecule has 8 nitrogen and oxygen atoms in total. The van der Waals surface area contributed by atoms with Crippen LogP contribution in [0.2, 0.25) is 0 Å². The number of amides is 1. The number of aryl methyl sites for hydroxylation is 1. The van der Waals surface area contributed by atoms with Gasteiger partial charge in [-0.1, -0.05) is 12.1 Å². The maximum Gasteiger partial charge on any atom is 0.260 e. The number of H-pyrrole nitrogens is 1. The molecule has 2 aliphatic rings. The molecule has 1 atom stereocenters. The molecule has 0 spiro atoms. The molecule has 144 valence electrons. The van der Waals surface area contributed by atoms with E-state index in [9.17, 15) is 10.1 Å². The summed E-state index contributed by atoms with van der Waals surface area (Å²) in [5.41, 5.74) is 8.75. The summed E-state index contributed by atoms with van der Waals surface area (Å²) in [5, 5.41) is 16.6. The number of nitrogens with two attached hydrogens (primary N) is 1. The van der Waals surface area contributed by atoms with Crippen molar-refractivity contribution in [3.63, 3.8) is 0 Å². The predicted octanol–water partition coefficient (Wildman–Crippen LogP) is 1.94. The number of hydrogen-bond donors (Lipinski definition) is 2. The maximum atomic E-state index is 12.1. The number of carbonyl (C=O) groups excluding carboxylic acids is 1. The largest absolute Gasteiger partial charge is 0.484 e. The number of benzene rings is 1. The fraction of sp³-hybridized carbons (Fsp3) is 0.350. The molecule has 1 amide bonds. The summed E-state index contributed by atoms with van der Waals surface area (Å²) < 4.78 is 11.1. The number of nitriles is 1. The van der Waals surface area contributed by atoms with Gasteiger partial charge >= 0.3 is 0 Å². The van der Waals surface area contributed by atoms with Crippen LogP contribution in [0.5, 0.6) is 11.6 Å². The lowest BCUT2D eigenvalue weighted by Gasteiger charge is -2.23. The Hall–Kier alpha value is -3.47. The first kappa shape index (κ1) is 17.9. The van der Waals surface area contributed by atoms with Crippen LogP contribution in [0, 0.1) is 18.3 Å². The van der Waals surface area contributed by atoms with Gasteiger partial charge in [-0.15, -0.1) is 5.10 Å². The Labute approximate surface area is 162 Å². The van der Waals surface area contributed by atoms with Gasteiger partial charge in [-0.3, -0.25) is 9.89 Å². The topological polar surface area (TPSA) is 117 Å². The van der Waals surface area contributed by atoms with Gasteiger partial charge in [-0.25, -0.2) is 0 Å². The molecule has 28 heavy (non-hydrogen) atoms. The van der Waals surface area contributed by atoms with Crippen molar-refractivity contribution >= 4 is 5.91 Å². The Bertz CT molecular complexity index is 965. The van der Waals surface area contributed by atoms with Crippen molar-refractivity contribution in [2.24, 2.45) is 5.73 Å². The first-order valence-electron chi connectivity index (χ1n) is 9.21. The minimum Gasteiger partial charge on any atom is -0.484 e. The molecule has 0 radical (unpaired) electrons. The van der Waals surface area contributed by atoms with Crippen LogP contribution >= 0.6 is 0 Å². The summed E-state index contributed by atoms with van der Waals surface area (Å²) in [6.07, 6.45) is 2.11. The molecular formula is C20H21N5O3. The van der Waals surface area contributed by atoms with E-state index in [0.29, 0.717) is 17.2 Å². The van der Waals surface area contributed by atoms with Gasteiger partial charge in [0.2, 0.25) is 11.8 Å². The molecule has 1 aromatic heterocycles. The van der Waals surface area contributed by atoms with Crippen molar-refractivity contribution in [2.75, 3.05) is 19.7 Å². The summed E-state index contributed by atoms with van der Waals surface area (Å²) in [6.45, 7) is 3.52. The minimum atomic E-state index is -0.368. The number of likely N-dealkylation sites (tertiary alicyclic amines) is 1. The number of allylic oxidation sites excluding steroid dienone is 1. The van der Waals surface area contributed by atoms with Crippen LogP contribution in [-0.2, 0) is 4.79 Å². The van der Waals surface area contributed by atoms with Crippen molar-refractivity contribution in [3.8, 4) is 17.7 Å². The van der Waals surface area contributed by atoms with Crippen LogP contribution in [-0.4, -0.2) is 40.7 Å². The molecule has 1 saturated heterocycles. The van der Waals surface area contributed by atoms with E-state index in [-0.39, 0.29) is 24.3 Å². The smallest absolute Gasteiger partial charge is 0.260 e. The molecule has 0 unspecified atom stereocenters. The van der Waals surface area contributed by atoms with Gasteiger partial charge in [0.25, 0.3) is 5.91 Å². The predicted molar refractivity (Wildman–Crippen MR) is 100 cm³/mol. The molecular weight excluding hydrogens is 358 g/mol. The molecule has 0 bridgehead atoms. The molecule has 8 heteroatoms. The van der Waals surface area contributed by atoms with E-state index in [1.807, 2.05) is 24.0 Å². The molecule has 0 saturated carbocycles. The number of nitrogens with one attached hydrogen (secondary N) is 1. The number of aromatic amines is 1. The van der Waals surface area contributed by atoms with Gasteiger partial charge in [0, 0.05) is 24.3 Å². The SMILES string of the molecule is Cc1[nH]nc2c1[C@@H](c1ccc(OCC(=O)N3CCCC3)cc1)C(C#N)=C(N)O2. The first-order valence-corrected chi connectivity index (χ1v) is 9.21. The average molecular weight is 379 g/mol. The molecule has 3 heterocycles. The average Bonchev–Trinajstić information content (AvgIpc) is 3.36. The highest BCUT2D eigenvalue weighted by Crippen LogP contribution is 2.42. The second-order valence-corrected chi connectivity index (χ2v) is 6.94. The number of fused-ring (bicyclic) bond motifs is 1. The van der Waals surface area contributed by atoms with Crippen LogP contribution in [0.1, 0.15) is 35.6 Å². The molecule has 3 N–H and O–H groups in total. The number of carbonyl (C=O) groups is 1. The Morgan fingerprint density at radius 1 is 1.39 bits per heavy atom. The quantitative estimate of drug-likeness (QED) is 0.838. The van der Waals surface area contributed by atoms with Crippen LogP contribution in [0.25, 0.3) is 0 Å². The second kappa shape index (κ2) is 7.27. The zero-order valence-electron chi connectivity index (χ0n) is 15.6. The van der Waals surface area contributed by atoms with Crippen molar-refractivity contribution in [1.82, 2.24) is 15.1 Å². The standard InChI is InChI=1S/C20H21N5O3/c1-12-17-18(15(10-21)19(22)28-20(17)24-23-12)13-4-6-14(7-5-13)27-11-16(26)25-8-2-3-9-25/h4-7,18H,2-3,8-9,11,22H2,1H3,(H,23,24)/t18-/m0/s1. The molecule has 1 fully saturated rings. The fourth-order valence-electron chi connectivity index (χ4n) is 3.69. The van der Waals surface area contributed by atoms with Gasteiger partial charge in [0.05, 0.1) is 5.92 Å². The van der Waals surface area contributed by atoms with E-state index in [0.717, 1.165) is 42.8 Å². The third-order valence-corrected chi connectivity index (χ3v) is 5.16. The Morgan fingerprint density at radius 3 is 2.79 bits per heavy atom. The summed E-state index contributed by atoms with van der Waals surface area (Å²) in [5.74, 6) is 0.682. The zero-order valence-corrected chi connectivity index (χ0v) is 15.6. The van der Waals surface area contributed by atoms with Crippen molar-refractivity contribution < 1.29 is 14.3 Å². The van der Waals surface area contributed by atoms with Gasteiger partial charge in [0.1, 0.15) is 17.4 Å². The van der Waals surface area contributed by atoms with Crippen molar-refractivity contribution in [1.29, 1.82) is 5.26 Å². The highest BCUT2D eigenvalue weighted by molar-refractivity contribution is 5.78. The van der Waals surface area contributed by atoms with Gasteiger partial charge in [0.15, 0.2) is 6.61 Å². The summed E-state index contributed by atoms with van der Waals surface area (Å²) in [4.78, 5) is 13.9. The van der Waals surface area contributed by atoms with Gasteiger partial charge in [-0.05, 0) is 37.5 Å². The van der Waals surface area contributed by atoms with E-state index < -0.39 is 0 Å². The highest BCUT2D eigenvalue weighted by Gasteiger charge is 2.34. The fourth-order valence-corrected chi connectivity index (χ4v) is 3.69. The number of rotatable bonds is 4.